The molecule has 0 amide bonds. The lowest BCUT2D eigenvalue weighted by Gasteiger charge is -2.08. The summed E-state index contributed by atoms with van der Waals surface area (Å²) in [7, 11) is 0. The number of hydrogen-bond donors (Lipinski definition) is 2. The van der Waals surface area contributed by atoms with E-state index in [1.54, 1.807) is 0 Å². The topological polar surface area (TPSA) is 88.1 Å². The number of aromatic nitrogens is 3. The van der Waals surface area contributed by atoms with Crippen LogP contribution in [0.15, 0.2) is 29.4 Å². The van der Waals surface area contributed by atoms with Gasteiger partial charge < -0.3 is 9.84 Å². The molecule has 1 aromatic heterocycles. The molecule has 0 unspecified atom stereocenters. The SMILES string of the molecule is CCCCOc1ccccc1-c1nc(SCCC(=O)O)n[nH]1. The van der Waals surface area contributed by atoms with Gasteiger partial charge in [-0.2, -0.15) is 0 Å². The van der Waals surface area contributed by atoms with Gasteiger partial charge in [-0.05, 0) is 18.6 Å². The number of H-pyrrole nitrogens is 1. The number of rotatable bonds is 9. The maximum absolute atomic E-state index is 10.5. The predicted molar refractivity (Wildman–Crippen MR) is 85.2 cm³/mol. The summed E-state index contributed by atoms with van der Waals surface area (Å²) in [5, 5.41) is 16.2. The van der Waals surface area contributed by atoms with Crippen molar-refractivity contribution < 1.29 is 14.6 Å². The van der Waals surface area contributed by atoms with E-state index in [1.807, 2.05) is 24.3 Å². The molecule has 2 N–H and O–H groups in total. The molecule has 0 atom stereocenters. The number of carbonyl (C=O) groups is 1. The van der Waals surface area contributed by atoms with Gasteiger partial charge in [0.05, 0.1) is 18.6 Å². The van der Waals surface area contributed by atoms with Crippen molar-refractivity contribution in [3.63, 3.8) is 0 Å². The van der Waals surface area contributed by atoms with Crippen LogP contribution in [0.4, 0.5) is 0 Å². The van der Waals surface area contributed by atoms with Crippen molar-refractivity contribution in [1.82, 2.24) is 15.2 Å². The highest BCUT2D eigenvalue weighted by molar-refractivity contribution is 7.99. The maximum Gasteiger partial charge on any atom is 0.304 e. The van der Waals surface area contributed by atoms with E-state index in [0.717, 1.165) is 24.2 Å². The second-order valence-electron chi connectivity index (χ2n) is 4.66. The summed E-state index contributed by atoms with van der Waals surface area (Å²) in [4.78, 5) is 14.9. The molecule has 2 rings (SSSR count). The van der Waals surface area contributed by atoms with E-state index in [-0.39, 0.29) is 6.42 Å². The van der Waals surface area contributed by atoms with Crippen LogP contribution in [0.2, 0.25) is 0 Å². The van der Waals surface area contributed by atoms with Gasteiger partial charge in [0, 0.05) is 5.75 Å². The zero-order chi connectivity index (χ0) is 15.8. The van der Waals surface area contributed by atoms with Crippen LogP contribution in [0.1, 0.15) is 26.2 Å². The summed E-state index contributed by atoms with van der Waals surface area (Å²) in [6.45, 7) is 2.79. The quantitative estimate of drug-likeness (QED) is 0.544. The zero-order valence-corrected chi connectivity index (χ0v) is 13.2. The predicted octanol–water partition coefficient (Wildman–Crippen LogP) is 3.22. The first kappa shape index (κ1) is 16.4. The second kappa shape index (κ2) is 8.43. The Morgan fingerprint density at radius 2 is 2.23 bits per heavy atom. The number of ether oxygens (including phenoxy) is 1. The minimum atomic E-state index is -0.821. The molecule has 0 aliphatic carbocycles. The number of nitrogens with one attached hydrogen (secondary N) is 1. The first-order valence-corrected chi connectivity index (χ1v) is 8.18. The molecule has 2 aromatic rings. The van der Waals surface area contributed by atoms with Crippen LogP contribution in [0, 0.1) is 0 Å². The lowest BCUT2D eigenvalue weighted by molar-refractivity contribution is -0.136. The highest BCUT2D eigenvalue weighted by Crippen LogP contribution is 2.28. The van der Waals surface area contributed by atoms with Gasteiger partial charge in [-0.15, -0.1) is 5.10 Å². The monoisotopic (exact) mass is 321 g/mol. The summed E-state index contributed by atoms with van der Waals surface area (Å²) in [6.07, 6.45) is 2.17. The molecule has 7 heteroatoms. The van der Waals surface area contributed by atoms with Gasteiger partial charge in [-0.1, -0.05) is 37.2 Å². The minimum absolute atomic E-state index is 0.0885. The van der Waals surface area contributed by atoms with Gasteiger partial charge >= 0.3 is 5.97 Å². The normalized spacial score (nSPS) is 10.6. The standard InChI is InChI=1S/C15H19N3O3S/c1-2-3-9-21-12-7-5-4-6-11(12)14-16-15(18-17-14)22-10-8-13(19)20/h4-7H,2-3,8-10H2,1H3,(H,19,20)(H,16,17,18). The van der Waals surface area contributed by atoms with Gasteiger partial charge in [0.15, 0.2) is 5.82 Å². The molecule has 0 radical (unpaired) electrons. The number of nitrogens with zero attached hydrogens (tertiary/aromatic N) is 2. The summed E-state index contributed by atoms with van der Waals surface area (Å²) < 4.78 is 5.78. The Labute approximate surface area is 133 Å². The Morgan fingerprint density at radius 3 is 3.00 bits per heavy atom. The number of hydrogen-bond acceptors (Lipinski definition) is 5. The van der Waals surface area contributed by atoms with Crippen LogP contribution in [0.5, 0.6) is 5.75 Å². The number of unbranched alkanes of at least 4 members (excludes halogenated alkanes) is 1. The van der Waals surface area contributed by atoms with Crippen molar-refractivity contribution >= 4 is 17.7 Å². The summed E-state index contributed by atoms with van der Waals surface area (Å²) in [6, 6.07) is 7.67. The van der Waals surface area contributed by atoms with E-state index < -0.39 is 5.97 Å². The second-order valence-corrected chi connectivity index (χ2v) is 5.72. The molecule has 0 spiro atoms. The molecule has 0 saturated carbocycles. The van der Waals surface area contributed by atoms with E-state index in [9.17, 15) is 4.79 Å². The molecule has 0 bridgehead atoms. The largest absolute Gasteiger partial charge is 0.493 e. The fourth-order valence-corrected chi connectivity index (χ4v) is 2.50. The Morgan fingerprint density at radius 1 is 1.41 bits per heavy atom. The zero-order valence-electron chi connectivity index (χ0n) is 12.4. The molecule has 1 aromatic carbocycles. The number of carboxylic acid groups (broad SMARTS) is 1. The third kappa shape index (κ3) is 4.77. The maximum atomic E-state index is 10.5. The van der Waals surface area contributed by atoms with Crippen LogP contribution in [0.25, 0.3) is 11.4 Å². The van der Waals surface area contributed by atoms with Crippen LogP contribution >= 0.6 is 11.8 Å². The first-order chi connectivity index (χ1) is 10.7. The molecule has 6 nitrogen and oxygen atoms in total. The van der Waals surface area contributed by atoms with Crippen LogP contribution in [0.3, 0.4) is 0 Å². The summed E-state index contributed by atoms with van der Waals surface area (Å²) in [5.74, 6) is 1.03. The van der Waals surface area contributed by atoms with Gasteiger partial charge in [0.1, 0.15) is 5.75 Å². The van der Waals surface area contributed by atoms with Crippen LogP contribution < -0.4 is 4.74 Å². The van der Waals surface area contributed by atoms with E-state index in [4.69, 9.17) is 9.84 Å². The van der Waals surface area contributed by atoms with Gasteiger partial charge in [0.2, 0.25) is 5.16 Å². The Balaban J connectivity index is 2.05. The lowest BCUT2D eigenvalue weighted by atomic mass is 10.2. The molecule has 1 heterocycles. The third-order valence-corrected chi connectivity index (χ3v) is 3.76. The van der Waals surface area contributed by atoms with Crippen molar-refractivity contribution in [2.75, 3.05) is 12.4 Å². The fraction of sp³-hybridized carbons (Fsp3) is 0.400. The average Bonchev–Trinajstić information content (AvgIpc) is 2.96. The van der Waals surface area contributed by atoms with Crippen molar-refractivity contribution in [3.8, 4) is 17.1 Å². The van der Waals surface area contributed by atoms with E-state index in [2.05, 4.69) is 22.1 Å². The highest BCUT2D eigenvalue weighted by Gasteiger charge is 2.11. The van der Waals surface area contributed by atoms with Crippen molar-refractivity contribution in [2.45, 2.75) is 31.3 Å². The van der Waals surface area contributed by atoms with Gasteiger partial charge in [-0.3, -0.25) is 9.89 Å². The number of thioether (sulfide) groups is 1. The van der Waals surface area contributed by atoms with Crippen molar-refractivity contribution in [2.24, 2.45) is 0 Å². The first-order valence-electron chi connectivity index (χ1n) is 7.20. The summed E-state index contributed by atoms with van der Waals surface area (Å²) >= 11 is 1.32. The van der Waals surface area contributed by atoms with E-state index >= 15 is 0 Å². The number of para-hydroxylation sites is 1. The smallest absolute Gasteiger partial charge is 0.304 e. The Kier molecular flexibility index (Phi) is 6.27. The molecule has 0 fully saturated rings. The van der Waals surface area contributed by atoms with Crippen molar-refractivity contribution in [3.05, 3.63) is 24.3 Å². The number of aromatic amines is 1. The van der Waals surface area contributed by atoms with E-state index in [1.165, 1.54) is 11.8 Å². The van der Waals surface area contributed by atoms with E-state index in [0.29, 0.717) is 23.3 Å². The van der Waals surface area contributed by atoms with Crippen LogP contribution in [-0.2, 0) is 4.79 Å². The molecule has 0 saturated heterocycles. The Hall–Kier alpha value is -2.02. The van der Waals surface area contributed by atoms with Gasteiger partial charge in [0.25, 0.3) is 0 Å². The van der Waals surface area contributed by atoms with Crippen LogP contribution in [-0.4, -0.2) is 38.6 Å². The average molecular weight is 321 g/mol. The highest BCUT2D eigenvalue weighted by atomic mass is 32.2. The fourth-order valence-electron chi connectivity index (χ4n) is 1.78. The molecule has 0 aliphatic heterocycles. The van der Waals surface area contributed by atoms with Gasteiger partial charge in [-0.25, -0.2) is 4.98 Å². The number of carboxylic acids is 1. The number of aliphatic carboxylic acids is 1. The summed E-state index contributed by atoms with van der Waals surface area (Å²) in [5.41, 5.74) is 0.858. The molecular weight excluding hydrogens is 302 g/mol. The van der Waals surface area contributed by atoms with Crippen molar-refractivity contribution in [1.29, 1.82) is 0 Å². The molecule has 118 valence electrons. The number of benzene rings is 1. The molecule has 22 heavy (non-hydrogen) atoms. The Bertz CT molecular complexity index is 616. The molecule has 0 aliphatic rings. The molecular formula is C15H19N3O3S. The third-order valence-electron chi connectivity index (χ3n) is 2.91. The lowest BCUT2D eigenvalue weighted by Crippen LogP contribution is -1.98. The minimum Gasteiger partial charge on any atom is -0.493 e.